The van der Waals surface area contributed by atoms with Crippen molar-refractivity contribution in [3.63, 3.8) is 0 Å². The largest absolute Gasteiger partial charge is 0.353 e. The molecule has 0 aromatic heterocycles. The molecule has 1 aromatic carbocycles. The highest BCUT2D eigenvalue weighted by Crippen LogP contribution is 2.28. The quantitative estimate of drug-likeness (QED) is 0.868. The molecule has 1 aromatic rings. The normalized spacial score (nSPS) is 26.4. The van der Waals surface area contributed by atoms with Crippen LogP contribution in [0.2, 0.25) is 0 Å². The van der Waals surface area contributed by atoms with Crippen molar-refractivity contribution >= 4 is 5.91 Å². The molecule has 3 nitrogen and oxygen atoms in total. The second kappa shape index (κ2) is 5.33. The maximum atomic E-state index is 12.1. The molecule has 1 amide bonds. The number of benzene rings is 1. The summed E-state index contributed by atoms with van der Waals surface area (Å²) in [5, 5.41) is 3.14. The standard InChI is InChI=1S/C16H22N2O/c17-14-5-6-15(10-14)18-16(19)9-11-7-12-3-1-2-4-13(12)8-11/h1-4,11,14-15H,5-10,17H2,(H,18,19). The Morgan fingerprint density at radius 2 is 1.89 bits per heavy atom. The molecule has 1 fully saturated rings. The van der Waals surface area contributed by atoms with Crippen LogP contribution in [0.25, 0.3) is 0 Å². The summed E-state index contributed by atoms with van der Waals surface area (Å²) in [6, 6.07) is 9.13. The number of carbonyl (C=O) groups is 1. The van der Waals surface area contributed by atoms with Gasteiger partial charge in [-0.2, -0.15) is 0 Å². The van der Waals surface area contributed by atoms with Gasteiger partial charge >= 0.3 is 0 Å². The molecule has 0 radical (unpaired) electrons. The Balaban J connectivity index is 1.49. The zero-order valence-electron chi connectivity index (χ0n) is 11.3. The minimum Gasteiger partial charge on any atom is -0.353 e. The van der Waals surface area contributed by atoms with E-state index < -0.39 is 0 Å². The first-order chi connectivity index (χ1) is 9.20. The van der Waals surface area contributed by atoms with Gasteiger partial charge in [0.25, 0.3) is 0 Å². The van der Waals surface area contributed by atoms with Crippen LogP contribution in [0.15, 0.2) is 24.3 Å². The lowest BCUT2D eigenvalue weighted by atomic mass is 10.0. The van der Waals surface area contributed by atoms with E-state index in [9.17, 15) is 4.79 Å². The zero-order chi connectivity index (χ0) is 13.2. The summed E-state index contributed by atoms with van der Waals surface area (Å²) in [6.45, 7) is 0. The number of amides is 1. The monoisotopic (exact) mass is 258 g/mol. The van der Waals surface area contributed by atoms with Crippen molar-refractivity contribution in [2.75, 3.05) is 0 Å². The maximum Gasteiger partial charge on any atom is 0.220 e. The Morgan fingerprint density at radius 3 is 2.47 bits per heavy atom. The van der Waals surface area contributed by atoms with Gasteiger partial charge in [0, 0.05) is 18.5 Å². The predicted octanol–water partition coefficient (Wildman–Crippen LogP) is 1.79. The van der Waals surface area contributed by atoms with Gasteiger partial charge in [-0.25, -0.2) is 0 Å². The van der Waals surface area contributed by atoms with Gasteiger partial charge in [0.2, 0.25) is 5.91 Å². The van der Waals surface area contributed by atoms with Gasteiger partial charge in [-0.3, -0.25) is 4.79 Å². The highest BCUT2D eigenvalue weighted by atomic mass is 16.1. The van der Waals surface area contributed by atoms with E-state index in [1.807, 2.05) is 0 Å². The molecule has 0 heterocycles. The molecule has 2 aliphatic carbocycles. The van der Waals surface area contributed by atoms with Gasteiger partial charge in [0.15, 0.2) is 0 Å². The van der Waals surface area contributed by atoms with Crippen LogP contribution >= 0.6 is 0 Å². The van der Waals surface area contributed by atoms with Crippen LogP contribution in [0.1, 0.15) is 36.8 Å². The molecule has 3 rings (SSSR count). The molecule has 3 heteroatoms. The summed E-state index contributed by atoms with van der Waals surface area (Å²) in [6.07, 6.45) is 5.77. The molecule has 2 atom stereocenters. The Hall–Kier alpha value is -1.35. The second-order valence-corrected chi connectivity index (χ2v) is 6.08. The molecular formula is C16H22N2O. The van der Waals surface area contributed by atoms with Crippen LogP contribution in [0.5, 0.6) is 0 Å². The fourth-order valence-electron chi connectivity index (χ4n) is 3.49. The zero-order valence-corrected chi connectivity index (χ0v) is 11.3. The molecule has 102 valence electrons. The number of rotatable bonds is 3. The van der Waals surface area contributed by atoms with Gasteiger partial charge in [-0.15, -0.1) is 0 Å². The van der Waals surface area contributed by atoms with E-state index in [1.54, 1.807) is 0 Å². The van der Waals surface area contributed by atoms with Gasteiger partial charge in [0.1, 0.15) is 0 Å². The molecule has 0 spiro atoms. The number of fused-ring (bicyclic) bond motifs is 1. The Kier molecular flexibility index (Phi) is 3.56. The van der Waals surface area contributed by atoms with E-state index >= 15 is 0 Å². The summed E-state index contributed by atoms with van der Waals surface area (Å²) in [5.41, 5.74) is 8.71. The van der Waals surface area contributed by atoms with Crippen LogP contribution < -0.4 is 11.1 Å². The van der Waals surface area contributed by atoms with E-state index in [0.29, 0.717) is 18.4 Å². The Morgan fingerprint density at radius 1 is 1.21 bits per heavy atom. The number of hydrogen-bond acceptors (Lipinski definition) is 2. The molecule has 2 unspecified atom stereocenters. The SMILES string of the molecule is NC1CCC(NC(=O)CC2Cc3ccccc3C2)C1. The van der Waals surface area contributed by atoms with E-state index in [-0.39, 0.29) is 11.9 Å². The lowest BCUT2D eigenvalue weighted by Crippen LogP contribution is -2.35. The van der Waals surface area contributed by atoms with Crippen molar-refractivity contribution in [2.24, 2.45) is 11.7 Å². The highest BCUT2D eigenvalue weighted by Gasteiger charge is 2.26. The van der Waals surface area contributed by atoms with Crippen LogP contribution in [0.4, 0.5) is 0 Å². The number of hydrogen-bond donors (Lipinski definition) is 2. The molecule has 0 bridgehead atoms. The topological polar surface area (TPSA) is 55.1 Å². The Bertz CT molecular complexity index is 447. The number of nitrogens with one attached hydrogen (secondary N) is 1. The molecule has 3 N–H and O–H groups in total. The molecule has 1 saturated carbocycles. The van der Waals surface area contributed by atoms with Gasteiger partial charge in [-0.05, 0) is 49.1 Å². The predicted molar refractivity (Wildman–Crippen MR) is 75.7 cm³/mol. The summed E-state index contributed by atoms with van der Waals surface area (Å²) >= 11 is 0. The average Bonchev–Trinajstić information content (AvgIpc) is 2.94. The average molecular weight is 258 g/mol. The van der Waals surface area contributed by atoms with Crippen molar-refractivity contribution in [3.05, 3.63) is 35.4 Å². The fourth-order valence-corrected chi connectivity index (χ4v) is 3.49. The van der Waals surface area contributed by atoms with Crippen LogP contribution in [0, 0.1) is 5.92 Å². The summed E-state index contributed by atoms with van der Waals surface area (Å²) in [7, 11) is 0. The maximum absolute atomic E-state index is 12.1. The Labute approximate surface area is 114 Å². The van der Waals surface area contributed by atoms with Crippen molar-refractivity contribution in [3.8, 4) is 0 Å². The fraction of sp³-hybridized carbons (Fsp3) is 0.562. The van der Waals surface area contributed by atoms with Crippen LogP contribution in [-0.2, 0) is 17.6 Å². The molecule has 0 aliphatic heterocycles. The number of carbonyl (C=O) groups excluding carboxylic acids is 1. The van der Waals surface area contributed by atoms with E-state index in [4.69, 9.17) is 5.73 Å². The first kappa shape index (κ1) is 12.7. The second-order valence-electron chi connectivity index (χ2n) is 6.08. The van der Waals surface area contributed by atoms with Gasteiger partial charge < -0.3 is 11.1 Å². The first-order valence-electron chi connectivity index (χ1n) is 7.32. The third-order valence-corrected chi connectivity index (χ3v) is 4.45. The van der Waals surface area contributed by atoms with Gasteiger partial charge in [0.05, 0.1) is 0 Å². The minimum atomic E-state index is 0.205. The molecular weight excluding hydrogens is 236 g/mol. The van der Waals surface area contributed by atoms with Crippen LogP contribution in [-0.4, -0.2) is 18.0 Å². The minimum absolute atomic E-state index is 0.205. The summed E-state index contributed by atoms with van der Waals surface area (Å²) in [4.78, 5) is 12.1. The van der Waals surface area contributed by atoms with Crippen molar-refractivity contribution in [1.82, 2.24) is 5.32 Å². The molecule has 2 aliphatic rings. The van der Waals surface area contributed by atoms with Crippen molar-refractivity contribution < 1.29 is 4.79 Å². The third kappa shape index (κ3) is 2.98. The lowest BCUT2D eigenvalue weighted by Gasteiger charge is -2.14. The van der Waals surface area contributed by atoms with E-state index in [0.717, 1.165) is 32.1 Å². The van der Waals surface area contributed by atoms with Crippen LogP contribution in [0.3, 0.4) is 0 Å². The van der Waals surface area contributed by atoms with Crippen molar-refractivity contribution in [2.45, 2.75) is 50.6 Å². The lowest BCUT2D eigenvalue weighted by molar-refractivity contribution is -0.122. The molecule has 0 saturated heterocycles. The highest BCUT2D eigenvalue weighted by molar-refractivity contribution is 5.76. The van der Waals surface area contributed by atoms with Gasteiger partial charge in [-0.1, -0.05) is 24.3 Å². The first-order valence-corrected chi connectivity index (χ1v) is 7.32. The third-order valence-electron chi connectivity index (χ3n) is 4.45. The smallest absolute Gasteiger partial charge is 0.220 e. The summed E-state index contributed by atoms with van der Waals surface area (Å²) < 4.78 is 0. The van der Waals surface area contributed by atoms with E-state index in [1.165, 1.54) is 11.1 Å². The summed E-state index contributed by atoms with van der Waals surface area (Å²) in [5.74, 6) is 0.685. The van der Waals surface area contributed by atoms with Crippen molar-refractivity contribution in [1.29, 1.82) is 0 Å². The molecule has 19 heavy (non-hydrogen) atoms. The van der Waals surface area contributed by atoms with E-state index in [2.05, 4.69) is 29.6 Å². The number of nitrogens with two attached hydrogens (primary N) is 1.